The van der Waals surface area contributed by atoms with Crippen molar-refractivity contribution in [3.63, 3.8) is 0 Å². The van der Waals surface area contributed by atoms with Crippen LogP contribution in [0.2, 0.25) is 0 Å². The highest BCUT2D eigenvalue weighted by Gasteiger charge is 2.11. The Balaban J connectivity index is 2.39. The van der Waals surface area contributed by atoms with Crippen LogP contribution >= 0.6 is 0 Å². The minimum atomic E-state index is 0.676. The van der Waals surface area contributed by atoms with Crippen LogP contribution in [-0.4, -0.2) is 9.97 Å². The predicted molar refractivity (Wildman–Crippen MR) is 82.3 cm³/mol. The number of hydrogen-bond donors (Lipinski definition) is 0. The van der Waals surface area contributed by atoms with Gasteiger partial charge in [-0.05, 0) is 24.3 Å². The molecule has 0 spiro atoms. The van der Waals surface area contributed by atoms with Gasteiger partial charge >= 0.3 is 0 Å². The minimum absolute atomic E-state index is 0.676. The molecule has 0 aliphatic rings. The van der Waals surface area contributed by atoms with Crippen molar-refractivity contribution < 1.29 is 0 Å². The van der Waals surface area contributed by atoms with Crippen LogP contribution < -0.4 is 0 Å². The van der Waals surface area contributed by atoms with Gasteiger partial charge in [0.15, 0.2) is 0 Å². The summed E-state index contributed by atoms with van der Waals surface area (Å²) in [5.74, 6) is 0.676. The maximum absolute atomic E-state index is 4.18. The summed E-state index contributed by atoms with van der Waals surface area (Å²) >= 11 is 0. The fourth-order valence-electron chi connectivity index (χ4n) is 2.63. The van der Waals surface area contributed by atoms with E-state index in [-0.39, 0.29) is 0 Å². The van der Waals surface area contributed by atoms with Gasteiger partial charge in [-0.2, -0.15) is 0 Å². The maximum atomic E-state index is 4.18. The van der Waals surface area contributed by atoms with Gasteiger partial charge in [-0.3, -0.25) is 0 Å². The molecule has 1 heterocycles. The van der Waals surface area contributed by atoms with Crippen LogP contribution in [0, 0.1) is 0 Å². The van der Waals surface area contributed by atoms with Crippen LogP contribution in [0.15, 0.2) is 18.7 Å². The zero-order valence-corrected chi connectivity index (χ0v) is 12.8. The van der Waals surface area contributed by atoms with E-state index in [1.807, 2.05) is 12.4 Å². The van der Waals surface area contributed by atoms with Crippen LogP contribution in [0.25, 0.3) is 0 Å². The molecule has 0 aliphatic heterocycles. The summed E-state index contributed by atoms with van der Waals surface area (Å²) in [6.45, 7) is 4.54. The summed E-state index contributed by atoms with van der Waals surface area (Å²) in [7, 11) is 0. The van der Waals surface area contributed by atoms with Gasteiger partial charge in [-0.1, -0.05) is 65.2 Å². The van der Waals surface area contributed by atoms with Gasteiger partial charge in [0.1, 0.15) is 6.33 Å². The summed E-state index contributed by atoms with van der Waals surface area (Å²) in [4.78, 5) is 8.37. The fourth-order valence-corrected chi connectivity index (χ4v) is 2.63. The van der Waals surface area contributed by atoms with Gasteiger partial charge < -0.3 is 0 Å². The molecular weight excluding hydrogens is 232 g/mol. The van der Waals surface area contributed by atoms with Crippen molar-refractivity contribution in [1.82, 2.24) is 9.97 Å². The second-order valence-corrected chi connectivity index (χ2v) is 5.57. The lowest BCUT2D eigenvalue weighted by atomic mass is 9.90. The smallest absolute Gasteiger partial charge is 0.115 e. The summed E-state index contributed by atoms with van der Waals surface area (Å²) in [5, 5.41) is 0. The molecule has 19 heavy (non-hydrogen) atoms. The Morgan fingerprint density at radius 3 is 1.79 bits per heavy atom. The molecule has 2 heteroatoms. The SMILES string of the molecule is CCCCCCC(CCCCCC)c1cncnc1. The van der Waals surface area contributed by atoms with E-state index >= 15 is 0 Å². The Labute approximate surface area is 119 Å². The summed E-state index contributed by atoms with van der Waals surface area (Å²) in [5.41, 5.74) is 1.34. The lowest BCUT2D eigenvalue weighted by molar-refractivity contribution is 0.494. The third kappa shape index (κ3) is 7.29. The van der Waals surface area contributed by atoms with Crippen molar-refractivity contribution in [3.05, 3.63) is 24.3 Å². The van der Waals surface area contributed by atoms with Gasteiger partial charge in [0.25, 0.3) is 0 Å². The van der Waals surface area contributed by atoms with Gasteiger partial charge in [-0.15, -0.1) is 0 Å². The monoisotopic (exact) mass is 262 g/mol. The highest BCUT2D eigenvalue weighted by atomic mass is 14.8. The molecule has 0 amide bonds. The average Bonchev–Trinajstić information content (AvgIpc) is 2.46. The second-order valence-electron chi connectivity index (χ2n) is 5.57. The average molecular weight is 262 g/mol. The lowest BCUT2D eigenvalue weighted by Crippen LogP contribution is -2.01. The van der Waals surface area contributed by atoms with Crippen molar-refractivity contribution in [2.75, 3.05) is 0 Å². The van der Waals surface area contributed by atoms with Gasteiger partial charge in [0.2, 0.25) is 0 Å². The molecule has 0 aliphatic carbocycles. The van der Waals surface area contributed by atoms with Crippen LogP contribution in [0.5, 0.6) is 0 Å². The molecule has 0 bridgehead atoms. The molecule has 108 valence electrons. The first kappa shape index (κ1) is 16.1. The summed E-state index contributed by atoms with van der Waals surface area (Å²) in [6.07, 6.45) is 19.1. The molecule has 0 unspecified atom stereocenters. The predicted octanol–water partition coefficient (Wildman–Crippen LogP) is 5.50. The van der Waals surface area contributed by atoms with Gasteiger partial charge in [-0.25, -0.2) is 9.97 Å². The van der Waals surface area contributed by atoms with Crippen molar-refractivity contribution >= 4 is 0 Å². The van der Waals surface area contributed by atoms with E-state index in [0.717, 1.165) is 0 Å². The molecular formula is C17H30N2. The Bertz CT molecular complexity index is 285. The number of unbranched alkanes of at least 4 members (excludes halogenated alkanes) is 6. The van der Waals surface area contributed by atoms with E-state index in [0.29, 0.717) is 5.92 Å². The van der Waals surface area contributed by atoms with Crippen molar-refractivity contribution in [2.24, 2.45) is 0 Å². The summed E-state index contributed by atoms with van der Waals surface area (Å²) in [6, 6.07) is 0. The number of aromatic nitrogens is 2. The van der Waals surface area contributed by atoms with Crippen molar-refractivity contribution in [2.45, 2.75) is 84.0 Å². The van der Waals surface area contributed by atoms with Crippen LogP contribution in [0.3, 0.4) is 0 Å². The van der Waals surface area contributed by atoms with E-state index in [1.165, 1.54) is 69.8 Å². The first-order valence-electron chi connectivity index (χ1n) is 8.13. The summed E-state index contributed by atoms with van der Waals surface area (Å²) < 4.78 is 0. The van der Waals surface area contributed by atoms with E-state index < -0.39 is 0 Å². The quantitative estimate of drug-likeness (QED) is 0.492. The lowest BCUT2D eigenvalue weighted by Gasteiger charge is -2.16. The standard InChI is InChI=1S/C17H30N2/c1-3-5-7-9-11-16(12-10-8-6-4-2)17-13-18-15-19-14-17/h13-16H,3-12H2,1-2H3. The third-order valence-corrected chi connectivity index (χ3v) is 3.86. The number of hydrogen-bond acceptors (Lipinski definition) is 2. The normalized spacial score (nSPS) is 11.1. The second kappa shape index (κ2) is 11.0. The molecule has 0 N–H and O–H groups in total. The van der Waals surface area contributed by atoms with Crippen LogP contribution in [-0.2, 0) is 0 Å². The molecule has 1 aromatic rings. The molecule has 2 nitrogen and oxygen atoms in total. The van der Waals surface area contributed by atoms with Crippen molar-refractivity contribution in [3.8, 4) is 0 Å². The first-order chi connectivity index (χ1) is 9.38. The third-order valence-electron chi connectivity index (χ3n) is 3.86. The molecule has 1 rings (SSSR count). The molecule has 0 saturated carbocycles. The minimum Gasteiger partial charge on any atom is -0.245 e. The highest BCUT2D eigenvalue weighted by molar-refractivity contribution is 5.09. The van der Waals surface area contributed by atoms with E-state index in [1.54, 1.807) is 6.33 Å². The Morgan fingerprint density at radius 1 is 0.789 bits per heavy atom. The van der Waals surface area contributed by atoms with E-state index in [9.17, 15) is 0 Å². The Hall–Kier alpha value is -0.920. The first-order valence-corrected chi connectivity index (χ1v) is 8.13. The zero-order chi connectivity index (χ0) is 13.8. The Kier molecular flexibility index (Phi) is 9.30. The number of rotatable bonds is 11. The van der Waals surface area contributed by atoms with Crippen LogP contribution in [0.1, 0.15) is 89.5 Å². The van der Waals surface area contributed by atoms with Crippen LogP contribution in [0.4, 0.5) is 0 Å². The molecule has 0 atom stereocenters. The number of nitrogens with zero attached hydrogens (tertiary/aromatic N) is 2. The molecule has 0 radical (unpaired) electrons. The zero-order valence-electron chi connectivity index (χ0n) is 12.8. The molecule has 0 aromatic carbocycles. The fraction of sp³-hybridized carbons (Fsp3) is 0.765. The van der Waals surface area contributed by atoms with E-state index in [4.69, 9.17) is 0 Å². The molecule has 0 fully saturated rings. The van der Waals surface area contributed by atoms with Crippen molar-refractivity contribution in [1.29, 1.82) is 0 Å². The molecule has 1 aromatic heterocycles. The largest absolute Gasteiger partial charge is 0.245 e. The maximum Gasteiger partial charge on any atom is 0.115 e. The topological polar surface area (TPSA) is 25.8 Å². The Morgan fingerprint density at radius 2 is 1.32 bits per heavy atom. The van der Waals surface area contributed by atoms with Gasteiger partial charge in [0.05, 0.1) is 0 Å². The highest BCUT2D eigenvalue weighted by Crippen LogP contribution is 2.27. The van der Waals surface area contributed by atoms with Gasteiger partial charge in [0, 0.05) is 12.4 Å². The molecule has 0 saturated heterocycles. The van der Waals surface area contributed by atoms with E-state index in [2.05, 4.69) is 23.8 Å².